The van der Waals surface area contributed by atoms with Gasteiger partial charge in [-0.3, -0.25) is 10.1 Å². The second-order valence-corrected chi connectivity index (χ2v) is 4.08. The highest BCUT2D eigenvalue weighted by atomic mass is 16.3. The van der Waals surface area contributed by atoms with Gasteiger partial charge in [0.1, 0.15) is 5.76 Å². The van der Waals surface area contributed by atoms with E-state index < -0.39 is 0 Å². The second-order valence-electron chi connectivity index (χ2n) is 4.08. The quantitative estimate of drug-likeness (QED) is 0.775. The van der Waals surface area contributed by atoms with Gasteiger partial charge in [-0.2, -0.15) is 0 Å². The van der Waals surface area contributed by atoms with Crippen molar-refractivity contribution in [3.63, 3.8) is 0 Å². The molecule has 0 saturated carbocycles. The van der Waals surface area contributed by atoms with Crippen molar-refractivity contribution >= 4 is 5.91 Å². The van der Waals surface area contributed by atoms with Gasteiger partial charge in [0.15, 0.2) is 0 Å². The fourth-order valence-corrected chi connectivity index (χ4v) is 1.52. The molecule has 2 N–H and O–H groups in total. The lowest BCUT2D eigenvalue weighted by molar-refractivity contribution is -0.120. The summed E-state index contributed by atoms with van der Waals surface area (Å²) in [4.78, 5) is 11.4. The first-order valence-electron chi connectivity index (χ1n) is 5.69. The molecule has 1 amide bonds. The Morgan fingerprint density at radius 2 is 2.25 bits per heavy atom. The van der Waals surface area contributed by atoms with E-state index in [0.29, 0.717) is 6.54 Å². The molecule has 0 saturated heterocycles. The SMILES string of the molecule is CCC(NCC(=O)NC(C)C)c1ccco1. The Bertz CT molecular complexity index is 307. The van der Waals surface area contributed by atoms with Crippen LogP contribution in [-0.4, -0.2) is 18.5 Å². The Labute approximate surface area is 96.4 Å². The second kappa shape index (κ2) is 6.33. The molecule has 4 nitrogen and oxygen atoms in total. The fourth-order valence-electron chi connectivity index (χ4n) is 1.52. The Kier molecular flexibility index (Phi) is 5.05. The van der Waals surface area contributed by atoms with Gasteiger partial charge < -0.3 is 9.73 Å². The zero-order chi connectivity index (χ0) is 12.0. The molecule has 1 atom stereocenters. The van der Waals surface area contributed by atoms with Crippen molar-refractivity contribution in [1.29, 1.82) is 0 Å². The van der Waals surface area contributed by atoms with Gasteiger partial charge in [-0.1, -0.05) is 6.92 Å². The number of furan rings is 1. The van der Waals surface area contributed by atoms with Crippen molar-refractivity contribution in [2.45, 2.75) is 39.3 Å². The Morgan fingerprint density at radius 3 is 2.75 bits per heavy atom. The molecular formula is C12H20N2O2. The molecular weight excluding hydrogens is 204 g/mol. The first kappa shape index (κ1) is 12.8. The average Bonchev–Trinajstić information content (AvgIpc) is 2.71. The predicted octanol–water partition coefficient (Wildman–Crippen LogP) is 1.84. The highest BCUT2D eigenvalue weighted by Gasteiger charge is 2.13. The van der Waals surface area contributed by atoms with E-state index in [9.17, 15) is 4.79 Å². The van der Waals surface area contributed by atoms with Crippen LogP contribution in [0.4, 0.5) is 0 Å². The van der Waals surface area contributed by atoms with Gasteiger partial charge in [0.05, 0.1) is 18.8 Å². The topological polar surface area (TPSA) is 54.3 Å². The standard InChI is InChI=1S/C12H20N2O2/c1-4-10(11-6-5-7-16-11)13-8-12(15)14-9(2)3/h5-7,9-10,13H,4,8H2,1-3H3,(H,14,15). The largest absolute Gasteiger partial charge is 0.468 e. The first-order valence-corrected chi connectivity index (χ1v) is 5.69. The third-order valence-corrected chi connectivity index (χ3v) is 2.25. The van der Waals surface area contributed by atoms with Gasteiger partial charge in [0.25, 0.3) is 0 Å². The van der Waals surface area contributed by atoms with Crippen LogP contribution < -0.4 is 10.6 Å². The van der Waals surface area contributed by atoms with E-state index in [1.54, 1.807) is 6.26 Å². The van der Waals surface area contributed by atoms with Crippen LogP contribution in [0.15, 0.2) is 22.8 Å². The predicted molar refractivity (Wildman–Crippen MR) is 63.0 cm³/mol. The van der Waals surface area contributed by atoms with E-state index in [4.69, 9.17) is 4.42 Å². The number of nitrogens with one attached hydrogen (secondary N) is 2. The molecule has 4 heteroatoms. The molecule has 0 fully saturated rings. The maximum absolute atomic E-state index is 11.4. The highest BCUT2D eigenvalue weighted by molar-refractivity contribution is 5.78. The van der Waals surface area contributed by atoms with Crippen LogP contribution in [0.5, 0.6) is 0 Å². The van der Waals surface area contributed by atoms with Crippen molar-refractivity contribution in [3.05, 3.63) is 24.2 Å². The lowest BCUT2D eigenvalue weighted by Crippen LogP contribution is -2.38. The summed E-state index contributed by atoms with van der Waals surface area (Å²) in [6.45, 7) is 6.27. The van der Waals surface area contributed by atoms with Crippen LogP contribution in [-0.2, 0) is 4.79 Å². The van der Waals surface area contributed by atoms with E-state index in [-0.39, 0.29) is 18.0 Å². The molecule has 1 heterocycles. The minimum Gasteiger partial charge on any atom is -0.468 e. The molecule has 1 aromatic heterocycles. The maximum Gasteiger partial charge on any atom is 0.234 e. The Hall–Kier alpha value is -1.29. The van der Waals surface area contributed by atoms with Crippen LogP contribution in [0.25, 0.3) is 0 Å². The third-order valence-electron chi connectivity index (χ3n) is 2.25. The van der Waals surface area contributed by atoms with E-state index >= 15 is 0 Å². The van der Waals surface area contributed by atoms with Crippen LogP contribution in [0.3, 0.4) is 0 Å². The van der Waals surface area contributed by atoms with Crippen molar-refractivity contribution in [3.8, 4) is 0 Å². The zero-order valence-electron chi connectivity index (χ0n) is 10.1. The number of hydrogen-bond donors (Lipinski definition) is 2. The van der Waals surface area contributed by atoms with Gasteiger partial charge in [-0.25, -0.2) is 0 Å². The summed E-state index contributed by atoms with van der Waals surface area (Å²) in [5, 5.41) is 6.01. The maximum atomic E-state index is 11.4. The molecule has 0 radical (unpaired) electrons. The summed E-state index contributed by atoms with van der Waals surface area (Å²) in [6.07, 6.45) is 2.54. The molecule has 1 aromatic rings. The number of rotatable bonds is 6. The monoisotopic (exact) mass is 224 g/mol. The molecule has 0 spiro atoms. The van der Waals surface area contributed by atoms with Gasteiger partial charge in [-0.15, -0.1) is 0 Å². The van der Waals surface area contributed by atoms with Crippen molar-refractivity contribution in [2.24, 2.45) is 0 Å². The summed E-state index contributed by atoms with van der Waals surface area (Å²) in [7, 11) is 0. The van der Waals surface area contributed by atoms with Crippen LogP contribution in [0, 0.1) is 0 Å². The normalized spacial score (nSPS) is 12.8. The number of hydrogen-bond acceptors (Lipinski definition) is 3. The van der Waals surface area contributed by atoms with Gasteiger partial charge >= 0.3 is 0 Å². The first-order chi connectivity index (χ1) is 7.63. The average molecular weight is 224 g/mol. The van der Waals surface area contributed by atoms with E-state index in [1.165, 1.54) is 0 Å². The van der Waals surface area contributed by atoms with E-state index in [2.05, 4.69) is 17.6 Å². The minimum atomic E-state index is 0.0139. The van der Waals surface area contributed by atoms with Crippen molar-refractivity contribution in [2.75, 3.05) is 6.54 Å². The molecule has 90 valence electrons. The number of carbonyl (C=O) groups is 1. The molecule has 0 aliphatic carbocycles. The Balaban J connectivity index is 2.38. The molecule has 0 bridgehead atoms. The fraction of sp³-hybridized carbons (Fsp3) is 0.583. The van der Waals surface area contributed by atoms with Gasteiger partial charge in [0, 0.05) is 6.04 Å². The van der Waals surface area contributed by atoms with Gasteiger partial charge in [0.2, 0.25) is 5.91 Å². The lowest BCUT2D eigenvalue weighted by Gasteiger charge is -2.15. The summed E-state index contributed by atoms with van der Waals surface area (Å²) < 4.78 is 5.31. The van der Waals surface area contributed by atoms with Crippen LogP contribution in [0.2, 0.25) is 0 Å². The highest BCUT2D eigenvalue weighted by Crippen LogP contribution is 2.15. The molecule has 0 aliphatic heterocycles. The molecule has 1 unspecified atom stereocenters. The van der Waals surface area contributed by atoms with Crippen LogP contribution in [0.1, 0.15) is 39.0 Å². The summed E-state index contributed by atoms with van der Waals surface area (Å²) in [5.74, 6) is 0.889. The summed E-state index contributed by atoms with van der Waals surface area (Å²) in [6, 6.07) is 4.06. The number of carbonyl (C=O) groups excluding carboxylic acids is 1. The van der Waals surface area contributed by atoms with Crippen molar-refractivity contribution < 1.29 is 9.21 Å². The minimum absolute atomic E-state index is 0.0139. The molecule has 1 rings (SSSR count). The lowest BCUT2D eigenvalue weighted by atomic mass is 10.2. The third kappa shape index (κ3) is 4.06. The number of amides is 1. The molecule has 0 aliphatic rings. The van der Waals surface area contributed by atoms with E-state index in [1.807, 2.05) is 26.0 Å². The molecule has 0 aromatic carbocycles. The smallest absolute Gasteiger partial charge is 0.234 e. The van der Waals surface area contributed by atoms with Crippen LogP contribution >= 0.6 is 0 Å². The zero-order valence-corrected chi connectivity index (χ0v) is 10.1. The van der Waals surface area contributed by atoms with Gasteiger partial charge in [-0.05, 0) is 32.4 Å². The summed E-state index contributed by atoms with van der Waals surface area (Å²) >= 11 is 0. The molecule has 16 heavy (non-hydrogen) atoms. The summed E-state index contributed by atoms with van der Waals surface area (Å²) in [5.41, 5.74) is 0. The Morgan fingerprint density at radius 1 is 1.50 bits per heavy atom. The van der Waals surface area contributed by atoms with E-state index in [0.717, 1.165) is 12.2 Å². The van der Waals surface area contributed by atoms with Crippen molar-refractivity contribution in [1.82, 2.24) is 10.6 Å².